The maximum Gasteiger partial charge on any atom is 0.352 e. The molecule has 0 radical (unpaired) electrons. The molecule has 1 heterocycles. The van der Waals surface area contributed by atoms with Gasteiger partial charge in [0.25, 0.3) is 0 Å². The average molecular weight is 473 g/mol. The molecule has 35 heavy (non-hydrogen) atoms. The highest BCUT2D eigenvalue weighted by Gasteiger charge is 2.35. The molecule has 0 unspecified atom stereocenters. The van der Waals surface area contributed by atoms with Crippen LogP contribution in [0.5, 0.6) is 0 Å². The van der Waals surface area contributed by atoms with Gasteiger partial charge in [0.15, 0.2) is 0 Å². The summed E-state index contributed by atoms with van der Waals surface area (Å²) in [5.74, 6) is -1.08. The van der Waals surface area contributed by atoms with Crippen molar-refractivity contribution < 1.29 is 19.1 Å². The summed E-state index contributed by atoms with van der Waals surface area (Å²) in [6.45, 7) is 4.25. The van der Waals surface area contributed by atoms with Crippen molar-refractivity contribution in [3.8, 4) is 0 Å². The number of likely N-dealkylation sites (tertiary alicyclic amines) is 1. The van der Waals surface area contributed by atoms with Gasteiger partial charge in [-0.3, -0.25) is 9.69 Å². The van der Waals surface area contributed by atoms with Crippen LogP contribution >= 0.6 is 0 Å². The summed E-state index contributed by atoms with van der Waals surface area (Å²) in [7, 11) is 0. The number of rotatable bonds is 9. The van der Waals surface area contributed by atoms with E-state index in [4.69, 9.17) is 9.47 Å². The van der Waals surface area contributed by atoms with Crippen molar-refractivity contribution in [1.82, 2.24) is 10.2 Å². The van der Waals surface area contributed by atoms with Crippen LogP contribution in [0, 0.1) is 0 Å². The second-order valence-electron chi connectivity index (χ2n) is 8.86. The zero-order valence-electron chi connectivity index (χ0n) is 20.0. The molecule has 4 rings (SSSR count). The predicted octanol–water partition coefficient (Wildman–Crippen LogP) is 4.27. The molecule has 3 atom stereocenters. The number of piperidine rings is 1. The lowest BCUT2D eigenvalue weighted by atomic mass is 10.00. The van der Waals surface area contributed by atoms with Gasteiger partial charge in [0.2, 0.25) is 6.10 Å². The predicted molar refractivity (Wildman–Crippen MR) is 134 cm³/mol. The van der Waals surface area contributed by atoms with E-state index in [2.05, 4.69) is 34.5 Å². The first-order valence-electron chi connectivity index (χ1n) is 12.0. The third kappa shape index (κ3) is 7.25. The smallest absolute Gasteiger partial charge is 0.352 e. The van der Waals surface area contributed by atoms with Crippen LogP contribution in [0.1, 0.15) is 36.1 Å². The highest BCUT2D eigenvalue weighted by atomic mass is 16.6. The van der Waals surface area contributed by atoms with Gasteiger partial charge in [0, 0.05) is 44.7 Å². The molecule has 1 saturated heterocycles. The number of nitrogens with one attached hydrogen (secondary N) is 1. The van der Waals surface area contributed by atoms with Gasteiger partial charge in [0.05, 0.1) is 0 Å². The molecule has 1 aliphatic rings. The van der Waals surface area contributed by atoms with Gasteiger partial charge in [-0.05, 0) is 17.5 Å². The van der Waals surface area contributed by atoms with Crippen molar-refractivity contribution in [2.24, 2.45) is 0 Å². The van der Waals surface area contributed by atoms with Crippen molar-refractivity contribution in [2.45, 2.75) is 44.7 Å². The SMILES string of the molecule is CC(=O)O[C@@H](C(=O)O[C@@H]1CN(Cc2ccccc2)CC[C@H]1NCc1ccccc1)c1ccccc1. The number of nitrogens with zero attached hydrogens (tertiary/aromatic N) is 1. The lowest BCUT2D eigenvalue weighted by Crippen LogP contribution is -2.54. The molecule has 0 aromatic heterocycles. The van der Waals surface area contributed by atoms with Crippen LogP contribution in [0.4, 0.5) is 0 Å². The Hall–Kier alpha value is -3.48. The van der Waals surface area contributed by atoms with Crippen LogP contribution in [-0.2, 0) is 32.2 Å². The van der Waals surface area contributed by atoms with Crippen molar-refractivity contribution in [1.29, 1.82) is 0 Å². The van der Waals surface area contributed by atoms with Crippen molar-refractivity contribution in [3.63, 3.8) is 0 Å². The average Bonchev–Trinajstić information content (AvgIpc) is 2.88. The van der Waals surface area contributed by atoms with E-state index in [0.717, 1.165) is 19.5 Å². The van der Waals surface area contributed by atoms with E-state index in [-0.39, 0.29) is 12.1 Å². The van der Waals surface area contributed by atoms with E-state index >= 15 is 0 Å². The summed E-state index contributed by atoms with van der Waals surface area (Å²) in [5, 5.41) is 3.59. The standard InChI is InChI=1S/C29H32N2O4/c1-22(32)34-28(25-15-9-4-10-16-25)29(33)35-27-21-31(20-24-13-7-3-8-14-24)18-17-26(27)30-19-23-11-5-2-6-12-23/h2-16,26-28,30H,17-21H2,1H3/t26-,27-,28-/m1/s1. The van der Waals surface area contributed by atoms with Gasteiger partial charge in [-0.15, -0.1) is 0 Å². The summed E-state index contributed by atoms with van der Waals surface area (Å²) >= 11 is 0. The second kappa shape index (κ2) is 12.3. The summed E-state index contributed by atoms with van der Waals surface area (Å²) in [5.41, 5.74) is 2.99. The molecule has 1 fully saturated rings. The summed E-state index contributed by atoms with van der Waals surface area (Å²) in [6.07, 6.45) is -0.639. The minimum absolute atomic E-state index is 0.0140. The Kier molecular flexibility index (Phi) is 8.65. The molecule has 3 aromatic carbocycles. The fourth-order valence-electron chi connectivity index (χ4n) is 4.42. The third-order valence-corrected chi connectivity index (χ3v) is 6.17. The number of hydrogen-bond donors (Lipinski definition) is 1. The quantitative estimate of drug-likeness (QED) is 0.469. The second-order valence-corrected chi connectivity index (χ2v) is 8.86. The molecule has 0 amide bonds. The van der Waals surface area contributed by atoms with Crippen LogP contribution in [0.2, 0.25) is 0 Å². The highest BCUT2D eigenvalue weighted by Crippen LogP contribution is 2.24. The number of carbonyl (C=O) groups excluding carboxylic acids is 2. The largest absolute Gasteiger partial charge is 0.456 e. The Morgan fingerprint density at radius 3 is 2.14 bits per heavy atom. The number of benzene rings is 3. The molecule has 182 valence electrons. The Balaban J connectivity index is 1.48. The van der Waals surface area contributed by atoms with Crippen LogP contribution in [-0.4, -0.2) is 42.1 Å². The maximum atomic E-state index is 13.3. The van der Waals surface area contributed by atoms with E-state index in [1.54, 1.807) is 12.1 Å². The first kappa shape index (κ1) is 24.6. The topological polar surface area (TPSA) is 67.9 Å². The summed E-state index contributed by atoms with van der Waals surface area (Å²) in [4.78, 5) is 27.3. The molecule has 0 saturated carbocycles. The van der Waals surface area contributed by atoms with Gasteiger partial charge in [-0.2, -0.15) is 0 Å². The van der Waals surface area contributed by atoms with Gasteiger partial charge >= 0.3 is 11.9 Å². The van der Waals surface area contributed by atoms with Crippen molar-refractivity contribution in [2.75, 3.05) is 13.1 Å². The number of esters is 2. The molecular weight excluding hydrogens is 440 g/mol. The molecule has 0 spiro atoms. The fourth-order valence-corrected chi connectivity index (χ4v) is 4.42. The van der Waals surface area contributed by atoms with Gasteiger partial charge in [-0.1, -0.05) is 91.0 Å². The van der Waals surface area contributed by atoms with Gasteiger partial charge in [-0.25, -0.2) is 4.79 Å². The zero-order chi connectivity index (χ0) is 24.5. The highest BCUT2D eigenvalue weighted by molar-refractivity contribution is 5.80. The number of hydrogen-bond acceptors (Lipinski definition) is 6. The molecule has 0 bridgehead atoms. The molecule has 1 aliphatic heterocycles. The van der Waals surface area contributed by atoms with Crippen molar-refractivity contribution >= 4 is 11.9 Å². The lowest BCUT2D eigenvalue weighted by Gasteiger charge is -2.39. The minimum atomic E-state index is -1.09. The van der Waals surface area contributed by atoms with E-state index in [1.807, 2.05) is 54.6 Å². The van der Waals surface area contributed by atoms with Crippen LogP contribution in [0.3, 0.4) is 0 Å². The molecule has 6 nitrogen and oxygen atoms in total. The fraction of sp³-hybridized carbons (Fsp3) is 0.310. The molecule has 1 N–H and O–H groups in total. The molecule has 0 aliphatic carbocycles. The van der Waals surface area contributed by atoms with E-state index in [0.29, 0.717) is 18.7 Å². The van der Waals surface area contributed by atoms with Gasteiger partial charge in [0.1, 0.15) is 6.10 Å². The monoisotopic (exact) mass is 472 g/mol. The van der Waals surface area contributed by atoms with Crippen LogP contribution in [0.15, 0.2) is 91.0 Å². The Labute approximate surface area is 206 Å². The normalized spacial score (nSPS) is 19.0. The molecular formula is C29H32N2O4. The van der Waals surface area contributed by atoms with E-state index < -0.39 is 18.0 Å². The third-order valence-electron chi connectivity index (χ3n) is 6.17. The lowest BCUT2D eigenvalue weighted by molar-refractivity contribution is -0.174. The Bertz CT molecular complexity index is 1080. The van der Waals surface area contributed by atoms with E-state index in [9.17, 15) is 9.59 Å². The van der Waals surface area contributed by atoms with E-state index in [1.165, 1.54) is 18.1 Å². The zero-order valence-corrected chi connectivity index (χ0v) is 20.0. The van der Waals surface area contributed by atoms with Crippen LogP contribution < -0.4 is 5.32 Å². The number of carbonyl (C=O) groups is 2. The summed E-state index contributed by atoms with van der Waals surface area (Å²) in [6, 6.07) is 29.4. The first-order valence-corrected chi connectivity index (χ1v) is 12.0. The minimum Gasteiger partial charge on any atom is -0.456 e. The Morgan fingerprint density at radius 2 is 1.51 bits per heavy atom. The first-order chi connectivity index (χ1) is 17.1. The number of ether oxygens (including phenoxy) is 2. The van der Waals surface area contributed by atoms with Crippen molar-refractivity contribution in [3.05, 3.63) is 108 Å². The van der Waals surface area contributed by atoms with Gasteiger partial charge < -0.3 is 14.8 Å². The Morgan fingerprint density at radius 1 is 0.914 bits per heavy atom. The molecule has 3 aromatic rings. The van der Waals surface area contributed by atoms with Crippen LogP contribution in [0.25, 0.3) is 0 Å². The summed E-state index contributed by atoms with van der Waals surface area (Å²) < 4.78 is 11.4. The molecule has 6 heteroatoms. The maximum absolute atomic E-state index is 13.3.